The van der Waals surface area contributed by atoms with E-state index < -0.39 is 15.9 Å². The third-order valence-electron chi connectivity index (χ3n) is 1.62. The van der Waals surface area contributed by atoms with Gasteiger partial charge in [-0.2, -0.15) is 0 Å². The first-order chi connectivity index (χ1) is 7.42. The van der Waals surface area contributed by atoms with Crippen LogP contribution in [-0.2, 0) is 14.9 Å². The molecule has 0 saturated heterocycles. The number of hydrogen-bond donors (Lipinski definition) is 2. The lowest BCUT2D eigenvalue weighted by molar-refractivity contribution is 0.0537. The van der Waals surface area contributed by atoms with Crippen molar-refractivity contribution in [1.29, 1.82) is 0 Å². The summed E-state index contributed by atoms with van der Waals surface area (Å²) >= 11 is 0. The minimum Gasteiger partial charge on any atom is -0.284 e. The van der Waals surface area contributed by atoms with E-state index in [1.54, 1.807) is 18.2 Å². The number of anilines is 1. The summed E-state index contributed by atoms with van der Waals surface area (Å²) < 4.78 is 24.2. The largest absolute Gasteiger partial charge is 0.284 e. The molecule has 88 valence electrons. The van der Waals surface area contributed by atoms with Crippen LogP contribution in [-0.4, -0.2) is 27.7 Å². The molecule has 0 radical (unpaired) electrons. The number of amides is 1. The number of benzene rings is 1. The molecule has 0 saturated carbocycles. The maximum atomic E-state index is 11.3. The lowest BCUT2D eigenvalue weighted by atomic mass is 10.2. The smallest absolute Gasteiger partial charge is 0.274 e. The first kappa shape index (κ1) is 12.5. The summed E-state index contributed by atoms with van der Waals surface area (Å²) in [5, 5.41) is 0. The molecule has 0 atom stereocenters. The van der Waals surface area contributed by atoms with E-state index in [1.807, 2.05) is 0 Å². The Morgan fingerprint density at radius 2 is 2.06 bits per heavy atom. The van der Waals surface area contributed by atoms with Gasteiger partial charge in [0.2, 0.25) is 10.0 Å². The molecule has 0 aliphatic heterocycles. The second-order valence-corrected chi connectivity index (χ2v) is 4.84. The first-order valence-electron chi connectivity index (χ1n) is 4.33. The molecule has 2 N–H and O–H groups in total. The second kappa shape index (κ2) is 4.95. The molecule has 0 spiro atoms. The molecule has 16 heavy (non-hydrogen) atoms. The first-order valence-corrected chi connectivity index (χ1v) is 6.22. The SMILES string of the molecule is CONC(=O)c1cccc(NS(C)(=O)=O)c1. The Kier molecular flexibility index (Phi) is 3.86. The number of carbonyl (C=O) groups excluding carboxylic acids is 1. The Bertz CT molecular complexity index is 484. The average Bonchev–Trinajstić information content (AvgIpc) is 2.16. The minimum absolute atomic E-state index is 0.301. The fourth-order valence-corrected chi connectivity index (χ4v) is 1.64. The van der Waals surface area contributed by atoms with Crippen molar-refractivity contribution in [3.63, 3.8) is 0 Å². The lowest BCUT2D eigenvalue weighted by Gasteiger charge is -2.06. The molecular formula is C9H12N2O4S. The van der Waals surface area contributed by atoms with Crippen molar-refractivity contribution in [3.05, 3.63) is 29.8 Å². The summed E-state index contributed by atoms with van der Waals surface area (Å²) in [5.41, 5.74) is 2.76. The summed E-state index contributed by atoms with van der Waals surface area (Å²) in [6.07, 6.45) is 1.04. The number of rotatable bonds is 4. The standard InChI is InChI=1S/C9H12N2O4S/c1-15-10-9(12)7-4-3-5-8(6-7)11-16(2,13)14/h3-6,11H,1-2H3,(H,10,12). The van der Waals surface area contributed by atoms with Crippen LogP contribution in [0.3, 0.4) is 0 Å². The van der Waals surface area contributed by atoms with Crippen LogP contribution in [0.2, 0.25) is 0 Å². The molecular weight excluding hydrogens is 232 g/mol. The zero-order chi connectivity index (χ0) is 12.2. The zero-order valence-corrected chi connectivity index (χ0v) is 9.67. The fraction of sp³-hybridized carbons (Fsp3) is 0.222. The van der Waals surface area contributed by atoms with E-state index in [9.17, 15) is 13.2 Å². The topological polar surface area (TPSA) is 84.5 Å². The van der Waals surface area contributed by atoms with E-state index in [0.717, 1.165) is 6.26 Å². The van der Waals surface area contributed by atoms with Gasteiger partial charge in [-0.1, -0.05) is 6.07 Å². The maximum Gasteiger partial charge on any atom is 0.274 e. The predicted molar refractivity (Wildman–Crippen MR) is 59.4 cm³/mol. The van der Waals surface area contributed by atoms with Gasteiger partial charge in [0.05, 0.1) is 13.4 Å². The van der Waals surface area contributed by atoms with E-state index >= 15 is 0 Å². The Morgan fingerprint density at radius 1 is 1.38 bits per heavy atom. The van der Waals surface area contributed by atoms with Crippen LogP contribution in [0, 0.1) is 0 Å². The molecule has 7 heteroatoms. The summed E-state index contributed by atoms with van der Waals surface area (Å²) in [5.74, 6) is -0.445. The van der Waals surface area contributed by atoms with Crippen LogP contribution in [0.15, 0.2) is 24.3 Å². The zero-order valence-electron chi connectivity index (χ0n) is 8.85. The highest BCUT2D eigenvalue weighted by Gasteiger charge is 2.07. The molecule has 0 heterocycles. The molecule has 0 unspecified atom stereocenters. The minimum atomic E-state index is -3.34. The number of carbonyl (C=O) groups is 1. The molecule has 0 aliphatic rings. The third-order valence-corrected chi connectivity index (χ3v) is 2.23. The Labute approximate surface area is 93.6 Å². The maximum absolute atomic E-state index is 11.3. The molecule has 0 aliphatic carbocycles. The highest BCUT2D eigenvalue weighted by molar-refractivity contribution is 7.92. The van der Waals surface area contributed by atoms with Gasteiger partial charge in [-0.3, -0.25) is 14.4 Å². The van der Waals surface area contributed by atoms with Crippen molar-refractivity contribution in [2.75, 3.05) is 18.1 Å². The summed E-state index contributed by atoms with van der Waals surface area (Å²) in [4.78, 5) is 15.8. The van der Waals surface area contributed by atoms with Gasteiger partial charge in [0.15, 0.2) is 0 Å². The Hall–Kier alpha value is -1.60. The van der Waals surface area contributed by atoms with E-state index in [2.05, 4.69) is 15.0 Å². The normalized spacial score (nSPS) is 10.9. The highest BCUT2D eigenvalue weighted by Crippen LogP contribution is 2.11. The predicted octanol–water partition coefficient (Wildman–Crippen LogP) is 0.349. The van der Waals surface area contributed by atoms with E-state index in [0.29, 0.717) is 11.3 Å². The van der Waals surface area contributed by atoms with E-state index in [4.69, 9.17) is 0 Å². The van der Waals surface area contributed by atoms with Gasteiger partial charge in [-0.15, -0.1) is 0 Å². The van der Waals surface area contributed by atoms with Crippen molar-refractivity contribution in [3.8, 4) is 0 Å². The highest BCUT2D eigenvalue weighted by atomic mass is 32.2. The second-order valence-electron chi connectivity index (χ2n) is 3.09. The van der Waals surface area contributed by atoms with Gasteiger partial charge in [0.1, 0.15) is 0 Å². The van der Waals surface area contributed by atoms with Crippen molar-refractivity contribution in [2.24, 2.45) is 0 Å². The monoisotopic (exact) mass is 244 g/mol. The third kappa shape index (κ3) is 3.87. The molecule has 1 aromatic rings. The average molecular weight is 244 g/mol. The molecule has 0 bridgehead atoms. The fourth-order valence-electron chi connectivity index (χ4n) is 1.09. The van der Waals surface area contributed by atoms with Gasteiger partial charge in [0, 0.05) is 11.3 Å². The molecule has 1 aromatic carbocycles. The molecule has 6 nitrogen and oxygen atoms in total. The molecule has 0 fully saturated rings. The summed E-state index contributed by atoms with van der Waals surface area (Å²) in [6, 6.07) is 6.07. The van der Waals surface area contributed by atoms with Crippen LogP contribution in [0.5, 0.6) is 0 Å². The van der Waals surface area contributed by atoms with E-state index in [1.165, 1.54) is 13.2 Å². The number of hydrogen-bond acceptors (Lipinski definition) is 4. The van der Waals surface area contributed by atoms with Gasteiger partial charge >= 0.3 is 0 Å². The van der Waals surface area contributed by atoms with E-state index in [-0.39, 0.29) is 0 Å². The van der Waals surface area contributed by atoms with Gasteiger partial charge in [0.25, 0.3) is 5.91 Å². The van der Waals surface area contributed by atoms with Crippen LogP contribution < -0.4 is 10.2 Å². The summed E-state index contributed by atoms with van der Waals surface area (Å²) in [6.45, 7) is 0. The Morgan fingerprint density at radius 3 is 2.62 bits per heavy atom. The van der Waals surface area contributed by atoms with Crippen molar-refractivity contribution < 1.29 is 18.0 Å². The van der Waals surface area contributed by atoms with Crippen LogP contribution in [0.25, 0.3) is 0 Å². The number of hydroxylamine groups is 1. The molecule has 0 aromatic heterocycles. The Balaban J connectivity index is 2.91. The number of nitrogens with one attached hydrogen (secondary N) is 2. The van der Waals surface area contributed by atoms with Crippen molar-refractivity contribution in [1.82, 2.24) is 5.48 Å². The van der Waals surface area contributed by atoms with Gasteiger partial charge in [-0.25, -0.2) is 13.9 Å². The molecule has 1 rings (SSSR count). The quantitative estimate of drug-likeness (QED) is 0.748. The van der Waals surface area contributed by atoms with Crippen LogP contribution in [0.4, 0.5) is 5.69 Å². The van der Waals surface area contributed by atoms with Crippen molar-refractivity contribution >= 4 is 21.6 Å². The number of sulfonamides is 1. The van der Waals surface area contributed by atoms with Crippen molar-refractivity contribution in [2.45, 2.75) is 0 Å². The van der Waals surface area contributed by atoms with Gasteiger partial charge in [-0.05, 0) is 18.2 Å². The van der Waals surface area contributed by atoms with Crippen LogP contribution >= 0.6 is 0 Å². The van der Waals surface area contributed by atoms with Gasteiger partial charge < -0.3 is 0 Å². The van der Waals surface area contributed by atoms with Crippen LogP contribution in [0.1, 0.15) is 10.4 Å². The lowest BCUT2D eigenvalue weighted by Crippen LogP contribution is -2.22. The molecule has 1 amide bonds. The summed E-state index contributed by atoms with van der Waals surface area (Å²) in [7, 11) is -2.03.